The molecule has 0 radical (unpaired) electrons. The van der Waals surface area contributed by atoms with Gasteiger partial charge in [0.1, 0.15) is 5.75 Å². The zero-order valence-electron chi connectivity index (χ0n) is 18.4. The van der Waals surface area contributed by atoms with Crippen LogP contribution in [0.5, 0.6) is 17.2 Å². The summed E-state index contributed by atoms with van der Waals surface area (Å²) in [7, 11) is 1.42. The van der Waals surface area contributed by atoms with Gasteiger partial charge < -0.3 is 14.2 Å². The fraction of sp³-hybridized carbons (Fsp3) is 0.125. The quantitative estimate of drug-likeness (QED) is 0.149. The molecule has 35 heavy (non-hydrogen) atoms. The van der Waals surface area contributed by atoms with Gasteiger partial charge in [-0.1, -0.05) is 46.4 Å². The Labute approximate surface area is 221 Å². The van der Waals surface area contributed by atoms with Crippen LogP contribution in [0.1, 0.15) is 22.8 Å². The standard InChI is InChI=1S/C24H18Cl4N2O5/c1-13(34-20-8-5-16(26)11-19(20)28)23(31)30-29-12-14-3-7-21(22(9-14)33-2)35-24(32)17-6-4-15(25)10-18(17)27/h3-13H,1-2H3,(H,30,31)/b29-12-/t13-/m1/s1. The van der Waals surface area contributed by atoms with Gasteiger partial charge in [0.2, 0.25) is 0 Å². The molecular weight excluding hydrogens is 538 g/mol. The number of hydrogen-bond donors (Lipinski definition) is 1. The summed E-state index contributed by atoms with van der Waals surface area (Å²) in [6, 6.07) is 13.9. The highest BCUT2D eigenvalue weighted by molar-refractivity contribution is 6.36. The number of ether oxygens (including phenoxy) is 3. The Bertz CT molecular complexity index is 1280. The number of benzene rings is 3. The van der Waals surface area contributed by atoms with E-state index in [0.717, 1.165) is 0 Å². The minimum absolute atomic E-state index is 0.155. The number of carbonyl (C=O) groups is 2. The number of nitrogens with one attached hydrogen (secondary N) is 1. The molecule has 3 aromatic rings. The molecule has 182 valence electrons. The molecule has 0 saturated heterocycles. The van der Waals surface area contributed by atoms with Gasteiger partial charge in [-0.3, -0.25) is 4.79 Å². The number of halogens is 4. The minimum Gasteiger partial charge on any atom is -0.493 e. The van der Waals surface area contributed by atoms with Crippen molar-refractivity contribution in [2.75, 3.05) is 7.11 Å². The fourth-order valence-electron chi connectivity index (χ4n) is 2.73. The predicted octanol–water partition coefficient (Wildman–Crippen LogP) is 6.45. The van der Waals surface area contributed by atoms with Crippen molar-refractivity contribution in [1.29, 1.82) is 0 Å². The summed E-state index contributed by atoms with van der Waals surface area (Å²) in [6.45, 7) is 1.55. The average Bonchev–Trinajstić information content (AvgIpc) is 2.81. The Morgan fingerprint density at radius 3 is 2.20 bits per heavy atom. The Kier molecular flexibility index (Phi) is 9.23. The second-order valence-corrected chi connectivity index (χ2v) is 8.68. The lowest BCUT2D eigenvalue weighted by Crippen LogP contribution is -2.33. The highest BCUT2D eigenvalue weighted by Gasteiger charge is 2.17. The van der Waals surface area contributed by atoms with Crippen molar-refractivity contribution in [3.63, 3.8) is 0 Å². The van der Waals surface area contributed by atoms with Crippen LogP contribution in [0.15, 0.2) is 59.7 Å². The van der Waals surface area contributed by atoms with Gasteiger partial charge >= 0.3 is 5.97 Å². The van der Waals surface area contributed by atoms with Crippen molar-refractivity contribution < 1.29 is 23.8 Å². The topological polar surface area (TPSA) is 86.2 Å². The van der Waals surface area contributed by atoms with E-state index in [-0.39, 0.29) is 27.1 Å². The first-order valence-corrected chi connectivity index (χ1v) is 11.5. The summed E-state index contributed by atoms with van der Waals surface area (Å²) in [5, 5.41) is 5.22. The first kappa shape index (κ1) is 26.6. The van der Waals surface area contributed by atoms with Crippen LogP contribution in [0.25, 0.3) is 0 Å². The second kappa shape index (κ2) is 12.1. The van der Waals surface area contributed by atoms with Crippen LogP contribution in [-0.2, 0) is 4.79 Å². The summed E-state index contributed by atoms with van der Waals surface area (Å²) in [6.07, 6.45) is 0.520. The number of hydrazone groups is 1. The normalized spacial score (nSPS) is 11.7. The third-order valence-corrected chi connectivity index (χ3v) is 5.57. The maximum absolute atomic E-state index is 12.5. The van der Waals surface area contributed by atoms with E-state index in [0.29, 0.717) is 21.4 Å². The van der Waals surface area contributed by atoms with Gasteiger partial charge in [0.25, 0.3) is 5.91 Å². The summed E-state index contributed by atoms with van der Waals surface area (Å²) >= 11 is 23.8. The summed E-state index contributed by atoms with van der Waals surface area (Å²) in [5.41, 5.74) is 3.11. The predicted molar refractivity (Wildman–Crippen MR) is 137 cm³/mol. The van der Waals surface area contributed by atoms with Crippen LogP contribution < -0.4 is 19.6 Å². The number of amides is 1. The van der Waals surface area contributed by atoms with Crippen LogP contribution in [0.3, 0.4) is 0 Å². The molecule has 0 bridgehead atoms. The number of methoxy groups -OCH3 is 1. The minimum atomic E-state index is -0.873. The zero-order chi connectivity index (χ0) is 25.5. The van der Waals surface area contributed by atoms with Gasteiger partial charge in [-0.05, 0) is 67.1 Å². The van der Waals surface area contributed by atoms with Gasteiger partial charge in [-0.25, -0.2) is 10.2 Å². The number of nitrogens with zero attached hydrogens (tertiary/aromatic N) is 1. The van der Waals surface area contributed by atoms with E-state index in [4.69, 9.17) is 60.6 Å². The summed E-state index contributed by atoms with van der Waals surface area (Å²) in [4.78, 5) is 24.8. The van der Waals surface area contributed by atoms with E-state index in [2.05, 4.69) is 10.5 Å². The number of esters is 1. The molecule has 0 aliphatic heterocycles. The Hall–Kier alpha value is -2.97. The number of carbonyl (C=O) groups excluding carboxylic acids is 2. The van der Waals surface area contributed by atoms with Crippen molar-refractivity contribution in [3.05, 3.63) is 85.8 Å². The smallest absolute Gasteiger partial charge is 0.345 e. The Balaban J connectivity index is 1.62. The Morgan fingerprint density at radius 1 is 0.886 bits per heavy atom. The van der Waals surface area contributed by atoms with Crippen molar-refractivity contribution in [2.45, 2.75) is 13.0 Å². The van der Waals surface area contributed by atoms with E-state index in [9.17, 15) is 9.59 Å². The number of rotatable bonds is 8. The van der Waals surface area contributed by atoms with E-state index in [1.165, 1.54) is 43.7 Å². The van der Waals surface area contributed by atoms with Crippen LogP contribution in [0, 0.1) is 0 Å². The molecule has 0 unspecified atom stereocenters. The number of hydrogen-bond acceptors (Lipinski definition) is 6. The molecule has 11 heteroatoms. The molecule has 3 aromatic carbocycles. The molecule has 1 amide bonds. The highest BCUT2D eigenvalue weighted by atomic mass is 35.5. The molecule has 0 fully saturated rings. The first-order valence-electron chi connectivity index (χ1n) is 9.98. The lowest BCUT2D eigenvalue weighted by Gasteiger charge is -2.14. The third kappa shape index (κ3) is 7.26. The summed E-state index contributed by atoms with van der Waals surface area (Å²) in [5.74, 6) is -0.408. The van der Waals surface area contributed by atoms with Crippen LogP contribution >= 0.6 is 46.4 Å². The van der Waals surface area contributed by atoms with Gasteiger partial charge in [0, 0.05) is 10.0 Å². The zero-order valence-corrected chi connectivity index (χ0v) is 21.4. The van der Waals surface area contributed by atoms with Crippen LogP contribution in [0.4, 0.5) is 0 Å². The maximum Gasteiger partial charge on any atom is 0.345 e. The lowest BCUT2D eigenvalue weighted by atomic mass is 10.2. The van der Waals surface area contributed by atoms with Gasteiger partial charge in [0.05, 0.1) is 28.9 Å². The molecule has 1 atom stereocenters. The van der Waals surface area contributed by atoms with Crippen molar-refractivity contribution in [1.82, 2.24) is 5.43 Å². The SMILES string of the molecule is COc1cc(/C=N\NC(=O)[C@@H](C)Oc2ccc(Cl)cc2Cl)ccc1OC(=O)c1ccc(Cl)cc1Cl. The van der Waals surface area contributed by atoms with Gasteiger partial charge in [-0.2, -0.15) is 5.10 Å². The van der Waals surface area contributed by atoms with Crippen molar-refractivity contribution >= 4 is 64.5 Å². The fourth-order valence-corrected chi connectivity index (χ4v) is 3.67. The molecule has 0 aliphatic carbocycles. The third-order valence-electron chi connectivity index (χ3n) is 4.50. The van der Waals surface area contributed by atoms with E-state index in [1.807, 2.05) is 0 Å². The Morgan fingerprint density at radius 2 is 1.54 bits per heavy atom. The van der Waals surface area contributed by atoms with Gasteiger partial charge in [-0.15, -0.1) is 0 Å². The lowest BCUT2D eigenvalue weighted by molar-refractivity contribution is -0.127. The van der Waals surface area contributed by atoms with Crippen molar-refractivity contribution in [2.24, 2.45) is 5.10 Å². The molecule has 0 spiro atoms. The molecule has 3 rings (SSSR count). The molecule has 0 aliphatic rings. The first-order chi connectivity index (χ1) is 16.7. The molecule has 7 nitrogen and oxygen atoms in total. The average molecular weight is 556 g/mol. The van der Waals surface area contributed by atoms with Crippen LogP contribution in [0.2, 0.25) is 20.1 Å². The molecule has 1 N–H and O–H groups in total. The van der Waals surface area contributed by atoms with E-state index >= 15 is 0 Å². The van der Waals surface area contributed by atoms with E-state index < -0.39 is 18.0 Å². The van der Waals surface area contributed by atoms with Crippen LogP contribution in [-0.4, -0.2) is 31.3 Å². The molecule has 0 heterocycles. The maximum atomic E-state index is 12.5. The summed E-state index contributed by atoms with van der Waals surface area (Å²) < 4.78 is 16.2. The molecule has 0 aromatic heterocycles. The van der Waals surface area contributed by atoms with Crippen molar-refractivity contribution in [3.8, 4) is 17.2 Å². The molecular formula is C24H18Cl4N2O5. The van der Waals surface area contributed by atoms with E-state index in [1.54, 1.807) is 31.2 Å². The second-order valence-electron chi connectivity index (χ2n) is 6.99. The molecule has 0 saturated carbocycles. The monoisotopic (exact) mass is 554 g/mol. The largest absolute Gasteiger partial charge is 0.493 e. The highest BCUT2D eigenvalue weighted by Crippen LogP contribution is 2.30. The van der Waals surface area contributed by atoms with Gasteiger partial charge in [0.15, 0.2) is 17.6 Å².